The lowest BCUT2D eigenvalue weighted by Gasteiger charge is -2.11. The lowest BCUT2D eigenvalue weighted by Crippen LogP contribution is -2.18. The van der Waals surface area contributed by atoms with Gasteiger partial charge in [-0.3, -0.25) is 4.79 Å². The van der Waals surface area contributed by atoms with Gasteiger partial charge in [0.1, 0.15) is 0 Å². The van der Waals surface area contributed by atoms with Crippen LogP contribution in [0.4, 0.5) is 0 Å². The predicted octanol–water partition coefficient (Wildman–Crippen LogP) is 2.41. The summed E-state index contributed by atoms with van der Waals surface area (Å²) in [4.78, 5) is 11.0. The SMILES string of the molecule is CC[C@@H](C)C(=O)OC(C)C.Cl. The third-order valence-electron chi connectivity index (χ3n) is 1.37. The predicted molar refractivity (Wildman–Crippen MR) is 47.9 cm³/mol. The van der Waals surface area contributed by atoms with Crippen LogP contribution in [0.3, 0.4) is 0 Å². The van der Waals surface area contributed by atoms with Gasteiger partial charge in [-0.1, -0.05) is 13.8 Å². The molecule has 0 aromatic carbocycles. The minimum absolute atomic E-state index is 0. The van der Waals surface area contributed by atoms with E-state index in [9.17, 15) is 4.79 Å². The second kappa shape index (κ2) is 6.47. The highest BCUT2D eigenvalue weighted by Crippen LogP contribution is 2.04. The molecule has 0 aliphatic carbocycles. The van der Waals surface area contributed by atoms with Gasteiger partial charge in [0.15, 0.2) is 0 Å². The summed E-state index contributed by atoms with van der Waals surface area (Å²) < 4.78 is 4.96. The Morgan fingerprint density at radius 3 is 2.09 bits per heavy atom. The van der Waals surface area contributed by atoms with Gasteiger partial charge >= 0.3 is 5.97 Å². The lowest BCUT2D eigenvalue weighted by atomic mass is 10.1. The highest BCUT2D eigenvalue weighted by molar-refractivity contribution is 5.85. The maximum atomic E-state index is 11.0. The van der Waals surface area contributed by atoms with Gasteiger partial charge in [0.25, 0.3) is 0 Å². The number of hydrogen-bond acceptors (Lipinski definition) is 2. The second-order valence-corrected chi connectivity index (χ2v) is 2.79. The van der Waals surface area contributed by atoms with Crippen molar-refractivity contribution < 1.29 is 9.53 Å². The molecule has 0 saturated carbocycles. The summed E-state index contributed by atoms with van der Waals surface area (Å²) in [5, 5.41) is 0. The zero-order valence-corrected chi connectivity index (χ0v) is 8.40. The Balaban J connectivity index is 0. The summed E-state index contributed by atoms with van der Waals surface area (Å²) in [6, 6.07) is 0. The molecule has 1 atom stereocenters. The monoisotopic (exact) mass is 180 g/mol. The topological polar surface area (TPSA) is 26.3 Å². The summed E-state index contributed by atoms with van der Waals surface area (Å²) in [5.41, 5.74) is 0. The molecule has 0 radical (unpaired) electrons. The molecule has 0 rings (SSSR count). The van der Waals surface area contributed by atoms with E-state index in [0.717, 1.165) is 6.42 Å². The van der Waals surface area contributed by atoms with E-state index >= 15 is 0 Å². The Morgan fingerprint density at radius 2 is 1.82 bits per heavy atom. The van der Waals surface area contributed by atoms with Crippen LogP contribution in [0.2, 0.25) is 0 Å². The van der Waals surface area contributed by atoms with Crippen molar-refractivity contribution in [2.75, 3.05) is 0 Å². The largest absolute Gasteiger partial charge is 0.463 e. The van der Waals surface area contributed by atoms with Crippen LogP contribution in [0.1, 0.15) is 34.1 Å². The number of carbonyl (C=O) groups is 1. The molecule has 0 aliphatic heterocycles. The molecule has 11 heavy (non-hydrogen) atoms. The summed E-state index contributed by atoms with van der Waals surface area (Å²) >= 11 is 0. The molecule has 0 saturated heterocycles. The van der Waals surface area contributed by atoms with Crippen molar-refractivity contribution >= 4 is 18.4 Å². The molecule has 0 aromatic heterocycles. The molecular weight excluding hydrogens is 164 g/mol. The molecular formula is C8H17ClO2. The van der Waals surface area contributed by atoms with Crippen molar-refractivity contribution in [1.82, 2.24) is 0 Å². The van der Waals surface area contributed by atoms with Crippen LogP contribution in [0.15, 0.2) is 0 Å². The maximum Gasteiger partial charge on any atom is 0.308 e. The lowest BCUT2D eigenvalue weighted by molar-refractivity contribution is -0.151. The van der Waals surface area contributed by atoms with Crippen molar-refractivity contribution in [2.45, 2.75) is 40.2 Å². The average molecular weight is 181 g/mol. The summed E-state index contributed by atoms with van der Waals surface area (Å²) in [6.45, 7) is 7.58. The Bertz CT molecular complexity index is 113. The summed E-state index contributed by atoms with van der Waals surface area (Å²) in [5.74, 6) is -0.0418. The van der Waals surface area contributed by atoms with Gasteiger partial charge in [-0.15, -0.1) is 12.4 Å². The van der Waals surface area contributed by atoms with E-state index in [-0.39, 0.29) is 30.4 Å². The third-order valence-corrected chi connectivity index (χ3v) is 1.37. The van der Waals surface area contributed by atoms with Gasteiger partial charge in [0, 0.05) is 0 Å². The molecule has 3 heteroatoms. The molecule has 68 valence electrons. The minimum atomic E-state index is -0.0856. The Hall–Kier alpha value is -0.240. The Kier molecular flexibility index (Phi) is 7.85. The second-order valence-electron chi connectivity index (χ2n) is 2.79. The minimum Gasteiger partial charge on any atom is -0.463 e. The molecule has 0 aliphatic rings. The molecule has 0 aromatic rings. The number of esters is 1. The molecule has 0 heterocycles. The van der Waals surface area contributed by atoms with E-state index in [0.29, 0.717) is 0 Å². The van der Waals surface area contributed by atoms with Crippen LogP contribution in [0.5, 0.6) is 0 Å². The smallest absolute Gasteiger partial charge is 0.308 e. The van der Waals surface area contributed by atoms with E-state index in [4.69, 9.17) is 4.74 Å². The van der Waals surface area contributed by atoms with Crippen LogP contribution in [0.25, 0.3) is 0 Å². The van der Waals surface area contributed by atoms with E-state index in [2.05, 4.69) is 0 Å². The quantitative estimate of drug-likeness (QED) is 0.624. The first-order valence-electron chi connectivity index (χ1n) is 3.78. The molecule has 0 N–H and O–H groups in total. The Morgan fingerprint density at radius 1 is 1.36 bits per heavy atom. The van der Waals surface area contributed by atoms with Crippen LogP contribution in [0, 0.1) is 5.92 Å². The zero-order valence-electron chi connectivity index (χ0n) is 7.59. The fraction of sp³-hybridized carbons (Fsp3) is 0.875. The first-order valence-corrected chi connectivity index (χ1v) is 3.78. The zero-order chi connectivity index (χ0) is 8.15. The van der Waals surface area contributed by atoms with Gasteiger partial charge in [0.2, 0.25) is 0 Å². The molecule has 0 spiro atoms. The normalized spacial score (nSPS) is 12.1. The number of halogens is 1. The van der Waals surface area contributed by atoms with Crippen LogP contribution in [-0.2, 0) is 9.53 Å². The van der Waals surface area contributed by atoms with Gasteiger partial charge in [-0.05, 0) is 20.3 Å². The first kappa shape index (κ1) is 13.4. The van der Waals surface area contributed by atoms with Crippen molar-refractivity contribution in [1.29, 1.82) is 0 Å². The first-order chi connectivity index (χ1) is 4.57. The van der Waals surface area contributed by atoms with Crippen LogP contribution in [-0.4, -0.2) is 12.1 Å². The van der Waals surface area contributed by atoms with Crippen molar-refractivity contribution in [2.24, 2.45) is 5.92 Å². The van der Waals surface area contributed by atoms with E-state index in [1.807, 2.05) is 27.7 Å². The van der Waals surface area contributed by atoms with E-state index in [1.165, 1.54) is 0 Å². The van der Waals surface area contributed by atoms with Gasteiger partial charge in [-0.2, -0.15) is 0 Å². The maximum absolute atomic E-state index is 11.0. The molecule has 2 nitrogen and oxygen atoms in total. The molecule has 0 fully saturated rings. The molecule has 0 amide bonds. The number of hydrogen-bond donors (Lipinski definition) is 0. The molecule has 0 unspecified atom stereocenters. The third kappa shape index (κ3) is 6.17. The van der Waals surface area contributed by atoms with Crippen molar-refractivity contribution in [3.05, 3.63) is 0 Å². The number of rotatable bonds is 3. The standard InChI is InChI=1S/C8H16O2.ClH/c1-5-7(4)8(9)10-6(2)3;/h6-7H,5H2,1-4H3;1H/t7-;/m1./s1. The van der Waals surface area contributed by atoms with Gasteiger partial charge in [-0.25, -0.2) is 0 Å². The highest BCUT2D eigenvalue weighted by Gasteiger charge is 2.12. The van der Waals surface area contributed by atoms with E-state index in [1.54, 1.807) is 0 Å². The van der Waals surface area contributed by atoms with Gasteiger partial charge in [0.05, 0.1) is 12.0 Å². The summed E-state index contributed by atoms with van der Waals surface area (Å²) in [7, 11) is 0. The summed E-state index contributed by atoms with van der Waals surface area (Å²) in [6.07, 6.45) is 0.868. The van der Waals surface area contributed by atoms with Crippen LogP contribution < -0.4 is 0 Å². The fourth-order valence-electron chi connectivity index (χ4n) is 0.515. The van der Waals surface area contributed by atoms with Crippen molar-refractivity contribution in [3.63, 3.8) is 0 Å². The average Bonchev–Trinajstić information content (AvgIpc) is 1.85. The van der Waals surface area contributed by atoms with Crippen LogP contribution >= 0.6 is 12.4 Å². The van der Waals surface area contributed by atoms with E-state index < -0.39 is 0 Å². The highest BCUT2D eigenvalue weighted by atomic mass is 35.5. The number of carbonyl (C=O) groups excluding carboxylic acids is 1. The van der Waals surface area contributed by atoms with Crippen molar-refractivity contribution in [3.8, 4) is 0 Å². The fourth-order valence-corrected chi connectivity index (χ4v) is 0.515. The van der Waals surface area contributed by atoms with Gasteiger partial charge < -0.3 is 4.74 Å². The number of ether oxygens (including phenoxy) is 1. The molecule has 0 bridgehead atoms. The Labute approximate surface area is 74.7 Å².